The van der Waals surface area contributed by atoms with Crippen LogP contribution in [-0.4, -0.2) is 38.0 Å². The number of rotatable bonds is 15. The van der Waals surface area contributed by atoms with E-state index >= 15 is 0 Å². The zero-order chi connectivity index (χ0) is 23.2. The molecule has 1 aliphatic carbocycles. The minimum absolute atomic E-state index is 0.0305. The van der Waals surface area contributed by atoms with Gasteiger partial charge in [0.15, 0.2) is 0 Å². The molecule has 180 valence electrons. The maximum atomic E-state index is 11.8. The first-order valence-electron chi connectivity index (χ1n) is 12.6. The van der Waals surface area contributed by atoms with Crippen molar-refractivity contribution in [1.29, 1.82) is 0 Å². The molecule has 4 heteroatoms. The van der Waals surface area contributed by atoms with Crippen molar-refractivity contribution >= 4 is 5.97 Å². The third-order valence-corrected chi connectivity index (χ3v) is 6.99. The fourth-order valence-electron chi connectivity index (χ4n) is 4.78. The lowest BCUT2D eigenvalue weighted by molar-refractivity contribution is -0.140. The minimum Gasteiger partial charge on any atom is -0.462 e. The van der Waals surface area contributed by atoms with Gasteiger partial charge in [-0.2, -0.15) is 0 Å². The number of aliphatic hydroxyl groups excluding tert-OH is 1. The zero-order valence-corrected chi connectivity index (χ0v) is 20.3. The van der Waals surface area contributed by atoms with Crippen LogP contribution in [0, 0.1) is 11.8 Å². The highest BCUT2D eigenvalue weighted by Gasteiger charge is 2.21. The Morgan fingerprint density at radius 2 is 1.69 bits per heavy atom. The predicted molar refractivity (Wildman–Crippen MR) is 131 cm³/mol. The van der Waals surface area contributed by atoms with Gasteiger partial charge in [-0.3, -0.25) is 0 Å². The molecule has 0 saturated heterocycles. The van der Waals surface area contributed by atoms with Crippen LogP contribution in [0.5, 0.6) is 0 Å². The van der Waals surface area contributed by atoms with Gasteiger partial charge in [0.1, 0.15) is 6.61 Å². The Labute approximate surface area is 195 Å². The van der Waals surface area contributed by atoms with Crippen LogP contribution in [0.25, 0.3) is 0 Å². The van der Waals surface area contributed by atoms with E-state index in [9.17, 15) is 4.79 Å². The van der Waals surface area contributed by atoms with Gasteiger partial charge in [0, 0.05) is 13.0 Å². The summed E-state index contributed by atoms with van der Waals surface area (Å²) in [5.41, 5.74) is 2.54. The highest BCUT2D eigenvalue weighted by atomic mass is 16.5. The highest BCUT2D eigenvalue weighted by molar-refractivity contribution is 5.87. The van der Waals surface area contributed by atoms with E-state index in [0.717, 1.165) is 23.8 Å². The Bertz CT molecular complexity index is 659. The first kappa shape index (κ1) is 26.6. The second-order valence-corrected chi connectivity index (χ2v) is 9.53. The van der Waals surface area contributed by atoms with Gasteiger partial charge in [-0.1, -0.05) is 95.6 Å². The molecule has 1 unspecified atom stereocenters. The van der Waals surface area contributed by atoms with E-state index in [4.69, 9.17) is 14.6 Å². The third-order valence-electron chi connectivity index (χ3n) is 6.99. The summed E-state index contributed by atoms with van der Waals surface area (Å²) in [6.07, 6.45) is 15.1. The van der Waals surface area contributed by atoms with Crippen molar-refractivity contribution in [2.75, 3.05) is 26.9 Å². The first-order chi connectivity index (χ1) is 15.6. The lowest BCUT2D eigenvalue weighted by atomic mass is 9.77. The van der Waals surface area contributed by atoms with E-state index in [1.54, 1.807) is 7.11 Å². The lowest BCUT2D eigenvalue weighted by Crippen LogP contribution is -2.18. The average Bonchev–Trinajstić information content (AvgIpc) is 2.83. The van der Waals surface area contributed by atoms with Crippen molar-refractivity contribution in [3.05, 3.63) is 47.5 Å². The van der Waals surface area contributed by atoms with Crippen molar-refractivity contribution in [2.45, 2.75) is 83.5 Å². The van der Waals surface area contributed by atoms with Crippen LogP contribution in [-0.2, 0) is 20.7 Å². The SMILES string of the molecule is C=C(CO)C(=O)OCC(COC)c1ccc(CCC2CCC(CCCCCC)CC2)cc1. The summed E-state index contributed by atoms with van der Waals surface area (Å²) in [5.74, 6) is 1.27. The number of carbonyl (C=O) groups is 1. The Morgan fingerprint density at radius 3 is 2.28 bits per heavy atom. The van der Waals surface area contributed by atoms with E-state index in [1.165, 1.54) is 69.8 Å². The molecule has 1 fully saturated rings. The molecule has 1 atom stereocenters. The number of aliphatic hydroxyl groups is 1. The molecule has 1 aliphatic rings. The molecule has 0 radical (unpaired) electrons. The highest BCUT2D eigenvalue weighted by Crippen LogP contribution is 2.34. The predicted octanol–water partition coefficient (Wildman–Crippen LogP) is 6.22. The van der Waals surface area contributed by atoms with E-state index < -0.39 is 5.97 Å². The number of aryl methyl sites for hydroxylation is 1. The number of hydrogen-bond acceptors (Lipinski definition) is 4. The molecule has 0 bridgehead atoms. The standard InChI is InChI=1S/C28H44O4/c1-4-5-6-7-8-23-9-11-24(12-10-23)13-14-25-15-17-26(18-16-25)27(20-31-3)21-32-28(30)22(2)19-29/h15-18,23-24,27,29H,2,4-14,19-21H2,1,3H3. The second kappa shape index (κ2) is 15.2. The van der Waals surface area contributed by atoms with Crippen molar-refractivity contribution in [3.63, 3.8) is 0 Å². The number of methoxy groups -OCH3 is 1. The van der Waals surface area contributed by atoms with Crippen LogP contribution < -0.4 is 0 Å². The first-order valence-corrected chi connectivity index (χ1v) is 12.6. The van der Waals surface area contributed by atoms with Gasteiger partial charge < -0.3 is 14.6 Å². The molecule has 1 aromatic carbocycles. The van der Waals surface area contributed by atoms with Crippen molar-refractivity contribution < 1.29 is 19.4 Å². The summed E-state index contributed by atoms with van der Waals surface area (Å²) in [6, 6.07) is 8.65. The largest absolute Gasteiger partial charge is 0.462 e. The van der Waals surface area contributed by atoms with Crippen LogP contribution >= 0.6 is 0 Å². The summed E-state index contributed by atoms with van der Waals surface area (Å²) in [7, 11) is 1.65. The Morgan fingerprint density at radius 1 is 1.03 bits per heavy atom. The summed E-state index contributed by atoms with van der Waals surface area (Å²) < 4.78 is 10.6. The van der Waals surface area contributed by atoms with E-state index in [2.05, 4.69) is 37.8 Å². The van der Waals surface area contributed by atoms with E-state index in [0.29, 0.717) is 6.61 Å². The number of ether oxygens (including phenoxy) is 2. The van der Waals surface area contributed by atoms with Crippen LogP contribution in [0.1, 0.15) is 88.2 Å². The summed E-state index contributed by atoms with van der Waals surface area (Å²) in [4.78, 5) is 11.8. The average molecular weight is 445 g/mol. The molecule has 2 rings (SSSR count). The monoisotopic (exact) mass is 444 g/mol. The Kier molecular flexibility index (Phi) is 12.7. The van der Waals surface area contributed by atoms with Crippen LogP contribution in [0.3, 0.4) is 0 Å². The van der Waals surface area contributed by atoms with Gasteiger partial charge in [-0.05, 0) is 35.8 Å². The topological polar surface area (TPSA) is 55.8 Å². The second-order valence-electron chi connectivity index (χ2n) is 9.53. The van der Waals surface area contributed by atoms with Gasteiger partial charge in [-0.25, -0.2) is 4.79 Å². The Hall–Kier alpha value is -1.65. The number of hydrogen-bond donors (Lipinski definition) is 1. The molecule has 32 heavy (non-hydrogen) atoms. The Balaban J connectivity index is 1.74. The summed E-state index contributed by atoms with van der Waals surface area (Å²) in [5, 5.41) is 9.01. The molecular weight excluding hydrogens is 400 g/mol. The number of benzene rings is 1. The number of esters is 1. The molecule has 0 amide bonds. The maximum Gasteiger partial charge on any atom is 0.335 e. The molecule has 0 heterocycles. The normalized spacial score (nSPS) is 19.5. The molecule has 1 N–H and O–H groups in total. The number of unbranched alkanes of at least 4 members (excludes halogenated alkanes) is 3. The molecule has 0 spiro atoms. The molecule has 1 aromatic rings. The zero-order valence-electron chi connectivity index (χ0n) is 20.3. The quantitative estimate of drug-likeness (QED) is 0.198. The maximum absolute atomic E-state index is 11.8. The minimum atomic E-state index is -0.555. The molecule has 0 aromatic heterocycles. The smallest absolute Gasteiger partial charge is 0.335 e. The van der Waals surface area contributed by atoms with Crippen LogP contribution in [0.2, 0.25) is 0 Å². The summed E-state index contributed by atoms with van der Waals surface area (Å²) >= 11 is 0. The van der Waals surface area contributed by atoms with Crippen molar-refractivity contribution in [2.24, 2.45) is 11.8 Å². The third kappa shape index (κ3) is 9.46. The fourth-order valence-corrected chi connectivity index (χ4v) is 4.78. The van der Waals surface area contributed by atoms with Crippen LogP contribution in [0.15, 0.2) is 36.4 Å². The molecule has 4 nitrogen and oxygen atoms in total. The van der Waals surface area contributed by atoms with Crippen molar-refractivity contribution in [1.82, 2.24) is 0 Å². The van der Waals surface area contributed by atoms with E-state index in [1.807, 2.05) is 0 Å². The summed E-state index contributed by atoms with van der Waals surface area (Å²) in [6.45, 7) is 6.09. The van der Waals surface area contributed by atoms with Gasteiger partial charge in [0.2, 0.25) is 0 Å². The van der Waals surface area contributed by atoms with E-state index in [-0.39, 0.29) is 24.7 Å². The van der Waals surface area contributed by atoms with Crippen LogP contribution in [0.4, 0.5) is 0 Å². The van der Waals surface area contributed by atoms with Gasteiger partial charge in [0.25, 0.3) is 0 Å². The molecule has 0 aliphatic heterocycles. The lowest BCUT2D eigenvalue weighted by Gasteiger charge is -2.28. The van der Waals surface area contributed by atoms with Gasteiger partial charge >= 0.3 is 5.97 Å². The fraction of sp³-hybridized carbons (Fsp3) is 0.679. The number of carbonyl (C=O) groups excluding carboxylic acids is 1. The van der Waals surface area contributed by atoms with Gasteiger partial charge in [-0.15, -0.1) is 0 Å². The molecule has 1 saturated carbocycles. The molecular formula is C28H44O4. The van der Waals surface area contributed by atoms with Gasteiger partial charge in [0.05, 0.1) is 18.8 Å². The van der Waals surface area contributed by atoms with Crippen molar-refractivity contribution in [3.8, 4) is 0 Å².